The highest BCUT2D eigenvalue weighted by molar-refractivity contribution is 8.00. The maximum Gasteiger partial charge on any atom is 0.271 e. The lowest BCUT2D eigenvalue weighted by atomic mass is 10.4. The minimum atomic E-state index is -0.377. The van der Waals surface area contributed by atoms with Crippen molar-refractivity contribution >= 4 is 39.2 Å². The first-order valence-corrected chi connectivity index (χ1v) is 7.62. The third-order valence-electron chi connectivity index (χ3n) is 2.66. The zero-order chi connectivity index (χ0) is 14.7. The molecule has 2 rings (SSSR count). The number of aromatic nitrogens is 2. The van der Waals surface area contributed by atoms with Crippen LogP contribution in [0.1, 0.15) is 6.92 Å². The maximum absolute atomic E-state index is 12.1. The highest BCUT2D eigenvalue weighted by atomic mass is 32.2. The number of thiophene rings is 1. The van der Waals surface area contributed by atoms with Gasteiger partial charge in [-0.2, -0.15) is 0 Å². The van der Waals surface area contributed by atoms with Crippen molar-refractivity contribution in [1.29, 1.82) is 0 Å². The predicted octanol–water partition coefficient (Wildman–Crippen LogP) is 1.22. The molecule has 0 bridgehead atoms. The van der Waals surface area contributed by atoms with E-state index in [1.165, 1.54) is 27.7 Å². The zero-order valence-electron chi connectivity index (χ0n) is 11.0. The van der Waals surface area contributed by atoms with Crippen LogP contribution in [0.25, 0.3) is 10.2 Å². The highest BCUT2D eigenvalue weighted by Gasteiger charge is 2.17. The molecule has 20 heavy (non-hydrogen) atoms. The van der Waals surface area contributed by atoms with E-state index in [9.17, 15) is 9.59 Å². The second-order valence-corrected chi connectivity index (χ2v) is 6.30. The van der Waals surface area contributed by atoms with E-state index in [1.54, 1.807) is 20.0 Å². The molecule has 5 nitrogen and oxygen atoms in total. The van der Waals surface area contributed by atoms with Gasteiger partial charge in [-0.3, -0.25) is 14.2 Å². The number of fused-ring (bicyclic) bond motifs is 1. The topological polar surface area (TPSA) is 64.0 Å². The molecule has 2 heterocycles. The zero-order valence-corrected chi connectivity index (χ0v) is 12.7. The molecule has 1 amide bonds. The number of terminal acetylenes is 1. The summed E-state index contributed by atoms with van der Waals surface area (Å²) in [6, 6.07) is 1.80. The number of rotatable bonds is 4. The van der Waals surface area contributed by atoms with Crippen molar-refractivity contribution in [2.24, 2.45) is 7.05 Å². The summed E-state index contributed by atoms with van der Waals surface area (Å²) < 4.78 is 2.09. The minimum Gasteiger partial charge on any atom is -0.344 e. The summed E-state index contributed by atoms with van der Waals surface area (Å²) in [4.78, 5) is 28.3. The largest absolute Gasteiger partial charge is 0.344 e. The van der Waals surface area contributed by atoms with E-state index in [2.05, 4.69) is 16.2 Å². The molecule has 0 radical (unpaired) electrons. The summed E-state index contributed by atoms with van der Waals surface area (Å²) in [6.45, 7) is 1.94. The molecule has 0 saturated heterocycles. The maximum atomic E-state index is 12.1. The van der Waals surface area contributed by atoms with Gasteiger partial charge in [-0.25, -0.2) is 4.98 Å². The van der Waals surface area contributed by atoms with Crippen molar-refractivity contribution < 1.29 is 4.79 Å². The first kappa shape index (κ1) is 14.6. The second kappa shape index (κ2) is 6.11. The van der Waals surface area contributed by atoms with Gasteiger partial charge in [0.05, 0.1) is 17.3 Å². The van der Waals surface area contributed by atoms with Gasteiger partial charge >= 0.3 is 0 Å². The van der Waals surface area contributed by atoms with Crippen LogP contribution in [0.5, 0.6) is 0 Å². The summed E-state index contributed by atoms with van der Waals surface area (Å²) in [5, 5.41) is 4.58. The summed E-state index contributed by atoms with van der Waals surface area (Å²) in [6.07, 6.45) is 5.10. The third-order valence-corrected chi connectivity index (χ3v) is 4.70. The molecule has 1 atom stereocenters. The number of carbonyl (C=O) groups is 1. The lowest BCUT2D eigenvalue weighted by Crippen LogP contribution is -2.31. The van der Waals surface area contributed by atoms with E-state index >= 15 is 0 Å². The van der Waals surface area contributed by atoms with Crippen LogP contribution in [0, 0.1) is 12.3 Å². The average molecular weight is 307 g/mol. The Hall–Kier alpha value is -1.78. The standard InChI is InChI=1S/C13H13N3O2S2/c1-4-6-14-11(17)8(2)20-13-15-9-5-7-19-10(9)12(18)16(13)3/h1,5,7-8H,6H2,2-3H3,(H,14,17). The van der Waals surface area contributed by atoms with Crippen LogP contribution < -0.4 is 10.9 Å². The van der Waals surface area contributed by atoms with Crippen molar-refractivity contribution in [3.05, 3.63) is 21.8 Å². The smallest absolute Gasteiger partial charge is 0.271 e. The molecule has 1 unspecified atom stereocenters. The van der Waals surface area contributed by atoms with Crippen LogP contribution in [-0.4, -0.2) is 27.3 Å². The Morgan fingerprint density at radius 2 is 2.45 bits per heavy atom. The van der Waals surface area contributed by atoms with E-state index < -0.39 is 0 Å². The molecular formula is C13H13N3O2S2. The van der Waals surface area contributed by atoms with Gasteiger partial charge in [-0.15, -0.1) is 17.8 Å². The van der Waals surface area contributed by atoms with Gasteiger partial charge < -0.3 is 5.32 Å². The first-order valence-electron chi connectivity index (χ1n) is 5.86. The van der Waals surface area contributed by atoms with Crippen LogP contribution in [0.2, 0.25) is 0 Å². The number of hydrogen-bond acceptors (Lipinski definition) is 5. The Bertz CT molecular complexity index is 742. The normalized spacial score (nSPS) is 12.1. The van der Waals surface area contributed by atoms with Gasteiger partial charge in [0.2, 0.25) is 5.91 Å². The number of nitrogens with one attached hydrogen (secondary N) is 1. The van der Waals surface area contributed by atoms with Gasteiger partial charge in [0, 0.05) is 7.05 Å². The van der Waals surface area contributed by atoms with Crippen LogP contribution >= 0.6 is 23.1 Å². The Morgan fingerprint density at radius 3 is 3.15 bits per heavy atom. The SMILES string of the molecule is C#CCNC(=O)C(C)Sc1nc2ccsc2c(=O)n1C. The van der Waals surface area contributed by atoms with E-state index in [4.69, 9.17) is 6.42 Å². The second-order valence-electron chi connectivity index (χ2n) is 4.08. The first-order chi connectivity index (χ1) is 9.54. The van der Waals surface area contributed by atoms with E-state index in [1.807, 2.05) is 5.38 Å². The number of carbonyl (C=O) groups excluding carboxylic acids is 1. The van der Waals surface area contributed by atoms with E-state index in [0.29, 0.717) is 15.4 Å². The van der Waals surface area contributed by atoms with Crippen molar-refractivity contribution in [3.63, 3.8) is 0 Å². The molecule has 0 saturated carbocycles. The lowest BCUT2D eigenvalue weighted by molar-refractivity contribution is -0.120. The van der Waals surface area contributed by atoms with Crippen LogP contribution in [-0.2, 0) is 11.8 Å². The number of amides is 1. The van der Waals surface area contributed by atoms with Crippen molar-refractivity contribution in [1.82, 2.24) is 14.9 Å². The molecule has 1 N–H and O–H groups in total. The molecule has 0 fully saturated rings. The number of nitrogens with zero attached hydrogens (tertiary/aromatic N) is 2. The molecule has 0 aliphatic heterocycles. The minimum absolute atomic E-state index is 0.0938. The monoisotopic (exact) mass is 307 g/mol. The number of thioether (sulfide) groups is 1. The molecule has 0 aromatic carbocycles. The number of hydrogen-bond donors (Lipinski definition) is 1. The lowest BCUT2D eigenvalue weighted by Gasteiger charge is -2.12. The van der Waals surface area contributed by atoms with Gasteiger partial charge in [0.1, 0.15) is 4.70 Å². The van der Waals surface area contributed by atoms with Crippen LogP contribution in [0.15, 0.2) is 21.4 Å². The van der Waals surface area contributed by atoms with Gasteiger partial charge in [0.15, 0.2) is 5.16 Å². The van der Waals surface area contributed by atoms with Crippen molar-refractivity contribution in [2.45, 2.75) is 17.3 Å². The van der Waals surface area contributed by atoms with E-state index in [0.717, 1.165) is 0 Å². The Morgan fingerprint density at radius 1 is 1.70 bits per heavy atom. The van der Waals surface area contributed by atoms with Gasteiger partial charge in [-0.05, 0) is 18.4 Å². The molecule has 104 valence electrons. The molecule has 2 aromatic heterocycles. The highest BCUT2D eigenvalue weighted by Crippen LogP contribution is 2.23. The van der Waals surface area contributed by atoms with Crippen LogP contribution in [0.3, 0.4) is 0 Å². The summed E-state index contributed by atoms with van der Waals surface area (Å²) in [7, 11) is 1.66. The summed E-state index contributed by atoms with van der Waals surface area (Å²) in [5.74, 6) is 2.17. The van der Waals surface area contributed by atoms with Gasteiger partial charge in [0.25, 0.3) is 5.56 Å². The third kappa shape index (κ3) is 2.86. The fourth-order valence-corrected chi connectivity index (χ4v) is 3.27. The molecule has 2 aromatic rings. The molecular weight excluding hydrogens is 294 g/mol. The van der Waals surface area contributed by atoms with Crippen LogP contribution in [0.4, 0.5) is 0 Å². The Kier molecular flexibility index (Phi) is 4.47. The van der Waals surface area contributed by atoms with Crippen molar-refractivity contribution in [3.8, 4) is 12.3 Å². The molecule has 0 aliphatic carbocycles. The molecule has 7 heteroatoms. The summed E-state index contributed by atoms with van der Waals surface area (Å²) >= 11 is 2.60. The predicted molar refractivity (Wildman–Crippen MR) is 82.0 cm³/mol. The van der Waals surface area contributed by atoms with Crippen molar-refractivity contribution in [2.75, 3.05) is 6.54 Å². The molecule has 0 spiro atoms. The quantitative estimate of drug-likeness (QED) is 0.524. The van der Waals surface area contributed by atoms with E-state index in [-0.39, 0.29) is 23.3 Å². The Labute approximate surface area is 124 Å². The Balaban J connectivity index is 2.25. The summed E-state index contributed by atoms with van der Waals surface area (Å²) in [5.41, 5.74) is 0.570. The fourth-order valence-electron chi connectivity index (χ4n) is 1.57. The van der Waals surface area contributed by atoms with Gasteiger partial charge in [-0.1, -0.05) is 17.7 Å². The average Bonchev–Trinajstić information content (AvgIpc) is 2.90. The fraction of sp³-hybridized carbons (Fsp3) is 0.308. The molecule has 0 aliphatic rings.